The van der Waals surface area contributed by atoms with Crippen molar-refractivity contribution in [3.8, 4) is 0 Å². The van der Waals surface area contributed by atoms with E-state index in [9.17, 15) is 8.42 Å². The molecule has 1 aromatic rings. The molecule has 1 aliphatic rings. The van der Waals surface area contributed by atoms with Crippen LogP contribution in [0.1, 0.15) is 0 Å². The van der Waals surface area contributed by atoms with Crippen LogP contribution in [0.15, 0.2) is 24.3 Å². The third kappa shape index (κ3) is 2.09. The van der Waals surface area contributed by atoms with Gasteiger partial charge in [-0.25, -0.2) is 0 Å². The van der Waals surface area contributed by atoms with E-state index in [0.29, 0.717) is 23.8 Å². The highest BCUT2D eigenvalue weighted by Gasteiger charge is 2.35. The molecule has 1 aromatic carbocycles. The van der Waals surface area contributed by atoms with E-state index in [-0.39, 0.29) is 0 Å². The molecular formula is C9H11ClN2O2S. The van der Waals surface area contributed by atoms with Crippen LogP contribution in [0, 0.1) is 0 Å². The van der Waals surface area contributed by atoms with Gasteiger partial charge in [0.25, 0.3) is 0 Å². The summed E-state index contributed by atoms with van der Waals surface area (Å²) in [5.41, 5.74) is 0.617. The monoisotopic (exact) mass is 246 g/mol. The highest BCUT2D eigenvalue weighted by molar-refractivity contribution is 7.90. The number of benzene rings is 1. The Balaban J connectivity index is 2.27. The Bertz CT molecular complexity index is 454. The van der Waals surface area contributed by atoms with Crippen LogP contribution < -0.4 is 4.31 Å². The molecule has 1 saturated heterocycles. The molecule has 6 heteroatoms. The Morgan fingerprint density at radius 3 is 2.27 bits per heavy atom. The van der Waals surface area contributed by atoms with Gasteiger partial charge < -0.3 is 0 Å². The van der Waals surface area contributed by atoms with Crippen molar-refractivity contribution in [3.05, 3.63) is 29.3 Å². The Hall–Kier alpha value is -0.780. The summed E-state index contributed by atoms with van der Waals surface area (Å²) >= 11 is 5.73. The average Bonchev–Trinajstić information content (AvgIpc) is 3.01. The van der Waals surface area contributed by atoms with Crippen LogP contribution in [0.4, 0.5) is 5.69 Å². The molecule has 15 heavy (non-hydrogen) atoms. The predicted octanol–water partition coefficient (Wildman–Crippen LogP) is 1.34. The first-order valence-electron chi connectivity index (χ1n) is 4.51. The normalized spacial score (nSPS) is 16.4. The molecule has 0 spiro atoms. The summed E-state index contributed by atoms with van der Waals surface area (Å²) in [5, 5.41) is 0.594. The van der Waals surface area contributed by atoms with Crippen molar-refractivity contribution in [3.63, 3.8) is 0 Å². The largest absolute Gasteiger partial charge is 0.303 e. The van der Waals surface area contributed by atoms with Crippen LogP contribution in [0.25, 0.3) is 0 Å². The summed E-state index contributed by atoms with van der Waals surface area (Å²) in [6, 6.07) is 6.71. The van der Waals surface area contributed by atoms with Gasteiger partial charge in [0.2, 0.25) is 0 Å². The zero-order valence-electron chi connectivity index (χ0n) is 8.22. The fraction of sp³-hybridized carbons (Fsp3) is 0.333. The van der Waals surface area contributed by atoms with Crippen LogP contribution in [-0.2, 0) is 10.2 Å². The summed E-state index contributed by atoms with van der Waals surface area (Å²) < 4.78 is 26.3. The second-order valence-electron chi connectivity index (χ2n) is 3.35. The SMILES string of the molecule is CN(c1ccc(Cl)cc1)S(=O)(=O)N1CC1. The number of hydrogen-bond acceptors (Lipinski definition) is 2. The fourth-order valence-corrected chi connectivity index (χ4v) is 2.63. The molecule has 4 nitrogen and oxygen atoms in total. The number of hydrogen-bond donors (Lipinski definition) is 0. The summed E-state index contributed by atoms with van der Waals surface area (Å²) in [6.45, 7) is 1.22. The van der Waals surface area contributed by atoms with Crippen molar-refractivity contribution in [1.29, 1.82) is 0 Å². The van der Waals surface area contributed by atoms with Crippen molar-refractivity contribution in [1.82, 2.24) is 4.31 Å². The van der Waals surface area contributed by atoms with E-state index >= 15 is 0 Å². The van der Waals surface area contributed by atoms with E-state index in [0.717, 1.165) is 0 Å². The molecule has 0 bridgehead atoms. The predicted molar refractivity (Wildman–Crippen MR) is 60.3 cm³/mol. The van der Waals surface area contributed by atoms with E-state index < -0.39 is 10.2 Å². The molecule has 0 aliphatic carbocycles. The Kier molecular flexibility index (Phi) is 2.62. The van der Waals surface area contributed by atoms with Gasteiger partial charge >= 0.3 is 10.2 Å². The minimum absolute atomic E-state index is 0.594. The van der Waals surface area contributed by atoms with E-state index in [4.69, 9.17) is 11.6 Å². The zero-order chi connectivity index (χ0) is 11.1. The average molecular weight is 247 g/mol. The highest BCUT2D eigenvalue weighted by atomic mass is 35.5. The van der Waals surface area contributed by atoms with Crippen molar-refractivity contribution in [2.75, 3.05) is 24.4 Å². The van der Waals surface area contributed by atoms with E-state index in [1.54, 1.807) is 24.3 Å². The maximum Gasteiger partial charge on any atom is 0.303 e. The quantitative estimate of drug-likeness (QED) is 0.755. The van der Waals surface area contributed by atoms with Crippen LogP contribution in [0.3, 0.4) is 0 Å². The standard InChI is InChI=1S/C9H11ClN2O2S/c1-11(15(13,14)12-6-7-12)9-4-2-8(10)3-5-9/h2-5H,6-7H2,1H3. The number of rotatable bonds is 3. The third-order valence-electron chi connectivity index (χ3n) is 2.27. The summed E-state index contributed by atoms with van der Waals surface area (Å²) in [6.07, 6.45) is 0. The van der Waals surface area contributed by atoms with Gasteiger partial charge in [-0.2, -0.15) is 12.7 Å². The van der Waals surface area contributed by atoms with Gasteiger partial charge in [0, 0.05) is 25.2 Å². The first-order valence-corrected chi connectivity index (χ1v) is 6.29. The van der Waals surface area contributed by atoms with Gasteiger partial charge in [-0.05, 0) is 24.3 Å². The van der Waals surface area contributed by atoms with Gasteiger partial charge in [0.15, 0.2) is 0 Å². The molecule has 0 radical (unpaired) electrons. The molecule has 0 saturated carbocycles. The lowest BCUT2D eigenvalue weighted by molar-refractivity contribution is 0.561. The second kappa shape index (κ2) is 3.66. The third-order valence-corrected chi connectivity index (χ3v) is 4.44. The maximum absolute atomic E-state index is 11.8. The lowest BCUT2D eigenvalue weighted by Crippen LogP contribution is -2.32. The molecule has 2 rings (SSSR count). The summed E-state index contributed by atoms with van der Waals surface area (Å²) in [7, 11) is -1.77. The van der Waals surface area contributed by atoms with E-state index in [1.165, 1.54) is 15.7 Å². The first-order chi connectivity index (χ1) is 7.01. The lowest BCUT2D eigenvalue weighted by atomic mass is 10.3. The molecule has 0 unspecified atom stereocenters. The van der Waals surface area contributed by atoms with Crippen molar-refractivity contribution in [2.45, 2.75) is 0 Å². The Labute approximate surface area is 94.2 Å². The molecule has 0 aromatic heterocycles. The van der Waals surface area contributed by atoms with E-state index in [2.05, 4.69) is 0 Å². The molecule has 82 valence electrons. The number of anilines is 1. The zero-order valence-corrected chi connectivity index (χ0v) is 9.79. The Morgan fingerprint density at radius 2 is 1.80 bits per heavy atom. The van der Waals surface area contributed by atoms with Crippen molar-refractivity contribution >= 4 is 27.5 Å². The smallest absolute Gasteiger partial charge is 0.261 e. The second-order valence-corrected chi connectivity index (χ2v) is 5.75. The lowest BCUT2D eigenvalue weighted by Gasteiger charge is -2.19. The molecule has 0 N–H and O–H groups in total. The topological polar surface area (TPSA) is 40.4 Å². The van der Waals surface area contributed by atoms with Gasteiger partial charge in [-0.3, -0.25) is 4.31 Å². The summed E-state index contributed by atoms with van der Waals surface area (Å²) in [5.74, 6) is 0. The molecular weight excluding hydrogens is 236 g/mol. The highest BCUT2D eigenvalue weighted by Crippen LogP contribution is 2.23. The summed E-state index contributed by atoms with van der Waals surface area (Å²) in [4.78, 5) is 0. The van der Waals surface area contributed by atoms with Gasteiger partial charge in [0.1, 0.15) is 0 Å². The van der Waals surface area contributed by atoms with Gasteiger partial charge in [-0.15, -0.1) is 0 Å². The van der Waals surface area contributed by atoms with Crippen LogP contribution >= 0.6 is 11.6 Å². The maximum atomic E-state index is 11.8. The minimum Gasteiger partial charge on any atom is -0.261 e. The number of nitrogens with zero attached hydrogens (tertiary/aromatic N) is 2. The van der Waals surface area contributed by atoms with E-state index in [1.807, 2.05) is 0 Å². The van der Waals surface area contributed by atoms with Crippen molar-refractivity contribution in [2.24, 2.45) is 0 Å². The number of halogens is 1. The first kappa shape index (κ1) is 10.7. The van der Waals surface area contributed by atoms with Crippen molar-refractivity contribution < 1.29 is 8.42 Å². The molecule has 1 aliphatic heterocycles. The molecule has 0 amide bonds. The molecule has 0 atom stereocenters. The fourth-order valence-electron chi connectivity index (χ4n) is 1.23. The minimum atomic E-state index is -3.31. The van der Waals surface area contributed by atoms with Gasteiger partial charge in [-0.1, -0.05) is 11.6 Å². The van der Waals surface area contributed by atoms with Crippen LogP contribution in [-0.4, -0.2) is 32.9 Å². The van der Waals surface area contributed by atoms with Crippen LogP contribution in [0.5, 0.6) is 0 Å². The Morgan fingerprint density at radius 1 is 1.27 bits per heavy atom. The van der Waals surface area contributed by atoms with Gasteiger partial charge in [0.05, 0.1) is 5.69 Å². The van der Waals surface area contributed by atoms with Crippen LogP contribution in [0.2, 0.25) is 5.02 Å². The molecule has 1 fully saturated rings. The molecule has 1 heterocycles.